The summed E-state index contributed by atoms with van der Waals surface area (Å²) in [5.41, 5.74) is 0.757. The highest BCUT2D eigenvalue weighted by molar-refractivity contribution is 7.11. The van der Waals surface area contributed by atoms with Crippen LogP contribution in [-0.2, 0) is 24.6 Å². The van der Waals surface area contributed by atoms with Crippen LogP contribution in [0.1, 0.15) is 15.6 Å². The van der Waals surface area contributed by atoms with Gasteiger partial charge in [0.15, 0.2) is 0 Å². The van der Waals surface area contributed by atoms with Crippen LogP contribution in [0.25, 0.3) is 0 Å². The third kappa shape index (κ3) is 3.67. The molecule has 0 unspecified atom stereocenters. The molecule has 0 atom stereocenters. The summed E-state index contributed by atoms with van der Waals surface area (Å²) in [6, 6.07) is 7.28. The van der Waals surface area contributed by atoms with Crippen molar-refractivity contribution in [2.45, 2.75) is 19.8 Å². The second-order valence-corrected chi connectivity index (χ2v) is 5.36. The molecule has 0 bridgehead atoms. The van der Waals surface area contributed by atoms with Crippen LogP contribution in [0.2, 0.25) is 5.02 Å². The van der Waals surface area contributed by atoms with Crippen LogP contribution >= 0.6 is 22.9 Å². The first-order valence-corrected chi connectivity index (χ1v) is 6.88. The van der Waals surface area contributed by atoms with Gasteiger partial charge in [-0.15, -0.1) is 11.3 Å². The molecule has 2 rings (SSSR count). The van der Waals surface area contributed by atoms with E-state index in [-0.39, 0.29) is 6.61 Å². The number of thiazole rings is 1. The first-order valence-electron chi connectivity index (χ1n) is 5.69. The van der Waals surface area contributed by atoms with E-state index >= 15 is 0 Å². The Morgan fingerprint density at radius 3 is 2.79 bits per heavy atom. The highest BCUT2D eigenvalue weighted by atomic mass is 35.5. The fourth-order valence-electron chi connectivity index (χ4n) is 1.57. The lowest BCUT2D eigenvalue weighted by molar-refractivity contribution is 0.178. The normalized spacial score (nSPS) is 10.7. The summed E-state index contributed by atoms with van der Waals surface area (Å²) >= 11 is 7.42. The monoisotopic (exact) mass is 299 g/mol. The van der Waals surface area contributed by atoms with Crippen molar-refractivity contribution in [1.82, 2.24) is 4.98 Å². The topological polar surface area (TPSA) is 51.6 Å². The summed E-state index contributed by atoms with van der Waals surface area (Å²) in [5, 5.41) is 10.6. The van der Waals surface area contributed by atoms with Gasteiger partial charge in [0.2, 0.25) is 0 Å². The molecule has 0 fully saturated rings. The van der Waals surface area contributed by atoms with E-state index in [0.717, 1.165) is 15.6 Å². The van der Waals surface area contributed by atoms with E-state index < -0.39 is 0 Å². The van der Waals surface area contributed by atoms with Crippen LogP contribution in [0.15, 0.2) is 24.3 Å². The van der Waals surface area contributed by atoms with Crippen molar-refractivity contribution in [1.29, 1.82) is 0 Å². The molecule has 0 saturated heterocycles. The van der Waals surface area contributed by atoms with Gasteiger partial charge in [0, 0.05) is 7.11 Å². The number of aliphatic hydroxyl groups is 1. The molecule has 2 aromatic rings. The molecule has 0 spiro atoms. The lowest BCUT2D eigenvalue weighted by atomic mass is 10.3. The summed E-state index contributed by atoms with van der Waals surface area (Å²) in [5.74, 6) is 0.623. The lowest BCUT2D eigenvalue weighted by Crippen LogP contribution is -1.97. The van der Waals surface area contributed by atoms with Gasteiger partial charge in [0.25, 0.3) is 0 Å². The molecule has 0 aliphatic carbocycles. The van der Waals surface area contributed by atoms with Crippen LogP contribution in [0, 0.1) is 0 Å². The van der Waals surface area contributed by atoms with Gasteiger partial charge < -0.3 is 14.6 Å². The molecule has 1 aromatic carbocycles. The van der Waals surface area contributed by atoms with Crippen molar-refractivity contribution in [3.05, 3.63) is 44.9 Å². The largest absolute Gasteiger partial charge is 0.485 e. The van der Waals surface area contributed by atoms with Gasteiger partial charge in [-0.05, 0) is 12.1 Å². The molecule has 1 aromatic heterocycles. The molecular formula is C13H14ClNO3S. The van der Waals surface area contributed by atoms with Crippen LogP contribution in [0.3, 0.4) is 0 Å². The van der Waals surface area contributed by atoms with Crippen LogP contribution in [0.5, 0.6) is 5.75 Å². The predicted molar refractivity (Wildman–Crippen MR) is 74.5 cm³/mol. The van der Waals surface area contributed by atoms with Crippen molar-refractivity contribution in [3.63, 3.8) is 0 Å². The highest BCUT2D eigenvalue weighted by Gasteiger charge is 2.11. The molecule has 1 N–H and O–H groups in total. The first-order chi connectivity index (χ1) is 9.24. The molecule has 0 aliphatic heterocycles. The maximum atomic E-state index is 9.24. The van der Waals surface area contributed by atoms with E-state index in [0.29, 0.717) is 24.0 Å². The number of hydrogen-bond donors (Lipinski definition) is 1. The Hall–Kier alpha value is -1.14. The third-order valence-corrected chi connectivity index (χ3v) is 3.80. The number of para-hydroxylation sites is 1. The minimum atomic E-state index is -0.0392. The fourth-order valence-corrected chi connectivity index (χ4v) is 2.61. The van der Waals surface area contributed by atoms with Crippen molar-refractivity contribution in [2.24, 2.45) is 0 Å². The standard InChI is InChI=1S/C13H14ClNO3S/c1-17-7-10-12(6-16)19-13(15-10)8-18-11-5-3-2-4-9(11)14/h2-5,16H,6-8H2,1H3. The Morgan fingerprint density at radius 1 is 1.32 bits per heavy atom. The molecule has 0 amide bonds. The van der Waals surface area contributed by atoms with E-state index in [1.807, 2.05) is 12.1 Å². The summed E-state index contributed by atoms with van der Waals surface area (Å²) in [6.45, 7) is 0.673. The zero-order valence-corrected chi connectivity index (χ0v) is 12.0. The summed E-state index contributed by atoms with van der Waals surface area (Å²) < 4.78 is 10.6. The average molecular weight is 300 g/mol. The Kier molecular flexibility index (Phi) is 5.15. The summed E-state index contributed by atoms with van der Waals surface area (Å²) in [4.78, 5) is 5.19. The minimum Gasteiger partial charge on any atom is -0.485 e. The Labute approximate surface area is 120 Å². The minimum absolute atomic E-state index is 0.0392. The number of aromatic nitrogens is 1. The lowest BCUT2D eigenvalue weighted by Gasteiger charge is -2.05. The van der Waals surface area contributed by atoms with E-state index in [2.05, 4.69) is 4.98 Å². The van der Waals surface area contributed by atoms with Crippen molar-refractivity contribution >= 4 is 22.9 Å². The third-order valence-electron chi connectivity index (χ3n) is 2.44. The zero-order valence-electron chi connectivity index (χ0n) is 10.4. The van der Waals surface area contributed by atoms with Crippen LogP contribution in [0.4, 0.5) is 0 Å². The molecule has 0 radical (unpaired) electrons. The smallest absolute Gasteiger partial charge is 0.140 e. The number of methoxy groups -OCH3 is 1. The van der Waals surface area contributed by atoms with Crippen molar-refractivity contribution < 1.29 is 14.6 Å². The van der Waals surface area contributed by atoms with Crippen LogP contribution < -0.4 is 4.74 Å². The maximum absolute atomic E-state index is 9.24. The predicted octanol–water partition coefficient (Wildman–Crippen LogP) is 3.01. The molecule has 0 saturated carbocycles. The van der Waals surface area contributed by atoms with Gasteiger partial charge in [0.1, 0.15) is 17.4 Å². The van der Waals surface area contributed by atoms with Crippen molar-refractivity contribution in [2.75, 3.05) is 7.11 Å². The second kappa shape index (κ2) is 6.86. The fraction of sp³-hybridized carbons (Fsp3) is 0.308. The van der Waals surface area contributed by atoms with Gasteiger partial charge in [-0.3, -0.25) is 0 Å². The Balaban J connectivity index is 2.05. The second-order valence-electron chi connectivity index (χ2n) is 3.79. The first kappa shape index (κ1) is 14.3. The molecule has 102 valence electrons. The van der Waals surface area contributed by atoms with E-state index in [1.165, 1.54) is 11.3 Å². The molecule has 1 heterocycles. The average Bonchev–Trinajstić information content (AvgIpc) is 2.81. The highest BCUT2D eigenvalue weighted by Crippen LogP contribution is 2.26. The van der Waals surface area contributed by atoms with E-state index in [1.54, 1.807) is 19.2 Å². The van der Waals surface area contributed by atoms with Gasteiger partial charge in [-0.2, -0.15) is 0 Å². The number of benzene rings is 1. The van der Waals surface area contributed by atoms with Gasteiger partial charge >= 0.3 is 0 Å². The molecule has 4 nitrogen and oxygen atoms in total. The molecule has 6 heteroatoms. The molecular weight excluding hydrogens is 286 g/mol. The van der Waals surface area contributed by atoms with E-state index in [9.17, 15) is 5.11 Å². The number of rotatable bonds is 6. The Bertz CT molecular complexity index is 544. The van der Waals surface area contributed by atoms with Gasteiger partial charge in [-0.1, -0.05) is 23.7 Å². The quantitative estimate of drug-likeness (QED) is 0.891. The SMILES string of the molecule is COCc1nc(COc2ccccc2Cl)sc1CO. The van der Waals surface area contributed by atoms with Gasteiger partial charge in [0.05, 0.1) is 28.8 Å². The number of aliphatic hydroxyl groups excluding tert-OH is 1. The van der Waals surface area contributed by atoms with Crippen molar-refractivity contribution in [3.8, 4) is 5.75 Å². The number of halogens is 1. The molecule has 19 heavy (non-hydrogen) atoms. The van der Waals surface area contributed by atoms with Crippen LogP contribution in [-0.4, -0.2) is 17.2 Å². The van der Waals surface area contributed by atoms with Gasteiger partial charge in [-0.25, -0.2) is 4.98 Å². The zero-order chi connectivity index (χ0) is 13.7. The summed E-state index contributed by atoms with van der Waals surface area (Å²) in [6.07, 6.45) is 0. The maximum Gasteiger partial charge on any atom is 0.140 e. The summed E-state index contributed by atoms with van der Waals surface area (Å²) in [7, 11) is 1.60. The number of hydrogen-bond acceptors (Lipinski definition) is 5. The Morgan fingerprint density at radius 2 is 2.11 bits per heavy atom. The van der Waals surface area contributed by atoms with E-state index in [4.69, 9.17) is 21.1 Å². The number of ether oxygens (including phenoxy) is 2. The number of nitrogens with zero attached hydrogens (tertiary/aromatic N) is 1. The molecule has 0 aliphatic rings.